The van der Waals surface area contributed by atoms with Crippen LogP contribution < -0.4 is 5.32 Å². The first-order chi connectivity index (χ1) is 25.5. The van der Waals surface area contributed by atoms with E-state index >= 15 is 0 Å². The summed E-state index contributed by atoms with van der Waals surface area (Å²) in [5.74, 6) is -3.58. The van der Waals surface area contributed by atoms with Gasteiger partial charge in [-0.15, -0.1) is 18.3 Å². The Kier molecular flexibility index (Phi) is 11.4. The number of ether oxygens (including phenoxy) is 2. The second-order valence-corrected chi connectivity index (χ2v) is 14.8. The lowest BCUT2D eigenvalue weighted by Crippen LogP contribution is -2.59. The maximum atomic E-state index is 15.0. The molecule has 282 valence electrons. The van der Waals surface area contributed by atoms with Gasteiger partial charge in [-0.2, -0.15) is 0 Å². The van der Waals surface area contributed by atoms with E-state index in [1.165, 1.54) is 4.90 Å². The van der Waals surface area contributed by atoms with Crippen molar-refractivity contribution in [2.24, 2.45) is 17.8 Å². The van der Waals surface area contributed by atoms with Gasteiger partial charge in [0, 0.05) is 13.0 Å². The lowest BCUT2D eigenvalue weighted by atomic mass is 9.70. The quantitative estimate of drug-likeness (QED) is 0.155. The van der Waals surface area contributed by atoms with E-state index in [0.29, 0.717) is 36.8 Å². The molecule has 0 saturated carbocycles. The van der Waals surface area contributed by atoms with Gasteiger partial charge in [0.25, 0.3) is 0 Å². The minimum absolute atomic E-state index is 0.0304. The second-order valence-electron chi connectivity index (χ2n) is 14.8. The van der Waals surface area contributed by atoms with Gasteiger partial charge in [0.1, 0.15) is 29.9 Å². The average Bonchev–Trinajstić information content (AvgIpc) is 3.91. The van der Waals surface area contributed by atoms with Crippen molar-refractivity contribution in [3.8, 4) is 0 Å². The zero-order valence-electron chi connectivity index (χ0n) is 30.7. The van der Waals surface area contributed by atoms with Gasteiger partial charge in [-0.1, -0.05) is 73.7 Å². The molecule has 6 rings (SSSR count). The SMILES string of the molecule is C=CCCC(=O)N[C@@H](C)[C@H](OC(=O)[C@@H]1[C@@H]2CC[C@]3(O2)[C@H](C(=O)N(CC=C)Cn2nnc4ccccc42)N([C@@H](CO)CC(C)C)C(=O)[C@@H]13)c1ccccc1. The first kappa shape index (κ1) is 37.9. The van der Waals surface area contributed by atoms with Crippen LogP contribution in [-0.2, 0) is 35.3 Å². The molecule has 13 heteroatoms. The first-order valence-corrected chi connectivity index (χ1v) is 18.5. The molecule has 8 atom stereocenters. The highest BCUT2D eigenvalue weighted by Crippen LogP contribution is 2.59. The summed E-state index contributed by atoms with van der Waals surface area (Å²) in [6, 6.07) is 14.2. The molecule has 3 fully saturated rings. The van der Waals surface area contributed by atoms with E-state index in [9.17, 15) is 24.3 Å². The van der Waals surface area contributed by atoms with Gasteiger partial charge < -0.3 is 29.7 Å². The number of rotatable bonds is 17. The Morgan fingerprint density at radius 3 is 2.55 bits per heavy atom. The van der Waals surface area contributed by atoms with Crippen molar-refractivity contribution in [3.63, 3.8) is 0 Å². The minimum atomic E-state index is -1.33. The Bertz CT molecular complexity index is 1830. The van der Waals surface area contributed by atoms with Crippen molar-refractivity contribution in [2.75, 3.05) is 13.2 Å². The number of para-hydroxylation sites is 1. The monoisotopic (exact) mass is 726 g/mol. The molecule has 2 N–H and O–H groups in total. The number of benzene rings is 2. The number of aromatic nitrogens is 3. The maximum Gasteiger partial charge on any atom is 0.313 e. The number of carbonyl (C=O) groups is 4. The summed E-state index contributed by atoms with van der Waals surface area (Å²) in [6.45, 7) is 13.1. The van der Waals surface area contributed by atoms with E-state index in [2.05, 4.69) is 28.8 Å². The second kappa shape index (κ2) is 16.0. The Balaban J connectivity index is 1.34. The molecule has 3 aromatic rings. The van der Waals surface area contributed by atoms with Gasteiger partial charge in [0.05, 0.1) is 42.1 Å². The number of hydrogen-bond acceptors (Lipinski definition) is 9. The first-order valence-electron chi connectivity index (χ1n) is 18.5. The van der Waals surface area contributed by atoms with Crippen molar-refractivity contribution >= 4 is 34.7 Å². The molecule has 4 heterocycles. The van der Waals surface area contributed by atoms with Crippen LogP contribution >= 0.6 is 0 Å². The van der Waals surface area contributed by atoms with Gasteiger partial charge >= 0.3 is 5.97 Å². The number of esters is 1. The zero-order valence-corrected chi connectivity index (χ0v) is 30.7. The van der Waals surface area contributed by atoms with Gasteiger partial charge in [0.2, 0.25) is 17.7 Å². The van der Waals surface area contributed by atoms with Gasteiger partial charge in [0.15, 0.2) is 0 Å². The Morgan fingerprint density at radius 1 is 1.11 bits per heavy atom. The summed E-state index contributed by atoms with van der Waals surface area (Å²) in [7, 11) is 0. The number of nitrogens with one attached hydrogen (secondary N) is 1. The lowest BCUT2D eigenvalue weighted by Gasteiger charge is -2.39. The average molecular weight is 727 g/mol. The van der Waals surface area contributed by atoms with Crippen molar-refractivity contribution in [1.29, 1.82) is 0 Å². The largest absolute Gasteiger partial charge is 0.455 e. The summed E-state index contributed by atoms with van der Waals surface area (Å²) < 4.78 is 14.6. The zero-order chi connectivity index (χ0) is 37.9. The molecule has 2 bridgehead atoms. The van der Waals surface area contributed by atoms with Gasteiger partial charge in [-0.3, -0.25) is 19.2 Å². The molecular weight excluding hydrogens is 676 g/mol. The molecule has 0 aliphatic carbocycles. The number of carbonyl (C=O) groups excluding carboxylic acids is 4. The number of fused-ring (bicyclic) bond motifs is 2. The normalized spacial score (nSPS) is 24.8. The summed E-state index contributed by atoms with van der Waals surface area (Å²) >= 11 is 0. The highest BCUT2D eigenvalue weighted by atomic mass is 16.6. The van der Waals surface area contributed by atoms with Crippen LogP contribution in [0.4, 0.5) is 0 Å². The van der Waals surface area contributed by atoms with E-state index in [-0.39, 0.29) is 38.1 Å². The van der Waals surface area contributed by atoms with E-state index < -0.39 is 65.6 Å². The van der Waals surface area contributed by atoms with Crippen LogP contribution in [0.2, 0.25) is 0 Å². The molecule has 3 aliphatic rings. The highest BCUT2D eigenvalue weighted by molar-refractivity contribution is 5.98. The fraction of sp³-hybridized carbons (Fsp3) is 0.500. The lowest BCUT2D eigenvalue weighted by molar-refractivity contribution is -0.163. The van der Waals surface area contributed by atoms with E-state index in [1.54, 1.807) is 28.7 Å². The molecule has 1 spiro atoms. The van der Waals surface area contributed by atoms with Crippen LogP contribution in [0.15, 0.2) is 79.9 Å². The Labute approximate surface area is 310 Å². The van der Waals surface area contributed by atoms with Crippen molar-refractivity contribution in [3.05, 3.63) is 85.5 Å². The van der Waals surface area contributed by atoms with E-state index in [4.69, 9.17) is 9.47 Å². The molecular formula is C40H50N6O7. The minimum Gasteiger partial charge on any atom is -0.455 e. The molecule has 0 unspecified atom stereocenters. The molecule has 1 aromatic heterocycles. The van der Waals surface area contributed by atoms with Crippen molar-refractivity contribution in [1.82, 2.24) is 30.1 Å². The summed E-state index contributed by atoms with van der Waals surface area (Å²) in [5, 5.41) is 22.2. The van der Waals surface area contributed by atoms with Gasteiger partial charge in [-0.25, -0.2) is 4.68 Å². The predicted octanol–water partition coefficient (Wildman–Crippen LogP) is 3.94. The van der Waals surface area contributed by atoms with Crippen LogP contribution in [0.5, 0.6) is 0 Å². The molecule has 2 aromatic carbocycles. The predicted molar refractivity (Wildman–Crippen MR) is 197 cm³/mol. The number of aliphatic hydroxyl groups is 1. The Morgan fingerprint density at radius 2 is 1.85 bits per heavy atom. The third-order valence-electron chi connectivity index (χ3n) is 10.8. The smallest absolute Gasteiger partial charge is 0.313 e. The van der Waals surface area contributed by atoms with E-state index in [1.807, 2.05) is 68.4 Å². The fourth-order valence-corrected chi connectivity index (χ4v) is 8.52. The number of aliphatic hydroxyl groups excluding tert-OH is 1. The number of hydrogen-bond donors (Lipinski definition) is 2. The van der Waals surface area contributed by atoms with Crippen LogP contribution in [0.25, 0.3) is 11.0 Å². The number of likely N-dealkylation sites (tertiary alicyclic amines) is 1. The van der Waals surface area contributed by atoms with Crippen LogP contribution in [0.1, 0.15) is 64.5 Å². The van der Waals surface area contributed by atoms with Crippen LogP contribution in [-0.4, -0.2) is 96.6 Å². The van der Waals surface area contributed by atoms with Gasteiger partial charge in [-0.05, 0) is 56.2 Å². The number of amides is 3. The summed E-state index contributed by atoms with van der Waals surface area (Å²) in [4.78, 5) is 60.1. The summed E-state index contributed by atoms with van der Waals surface area (Å²) in [5.41, 5.74) is 0.758. The van der Waals surface area contributed by atoms with Crippen molar-refractivity contribution in [2.45, 2.75) is 95.5 Å². The topological polar surface area (TPSA) is 156 Å². The number of nitrogens with zero attached hydrogens (tertiary/aromatic N) is 5. The standard InChI is InChI=1S/C40H50N6O7/c1-6-8-18-32(48)41-26(5)35(27-14-10-9-11-15-27)52-39(51)33-31-19-20-40(53-31)34(33)37(49)46(28(23-47)22-25(3)4)36(40)38(50)44(21-7-2)24-45-30-17-13-12-16-29(30)42-43-45/h6-7,9-17,25-26,28,31,33-36,47H,1-2,8,18-24H2,3-5H3,(H,41,48)/t26-,28+,31-,33+,34+,35-,36-,40+/m0/s1. The Hall–Kier alpha value is -4.88. The summed E-state index contributed by atoms with van der Waals surface area (Å²) in [6.07, 6.45) is 3.74. The third kappa shape index (κ3) is 7.24. The molecule has 13 nitrogen and oxygen atoms in total. The molecule has 0 radical (unpaired) electrons. The van der Waals surface area contributed by atoms with Crippen LogP contribution in [0.3, 0.4) is 0 Å². The molecule has 3 aliphatic heterocycles. The van der Waals surface area contributed by atoms with Crippen LogP contribution in [0, 0.1) is 17.8 Å². The molecule has 3 saturated heterocycles. The highest BCUT2D eigenvalue weighted by Gasteiger charge is 2.75. The third-order valence-corrected chi connectivity index (χ3v) is 10.8. The number of allylic oxidation sites excluding steroid dienone is 1. The van der Waals surface area contributed by atoms with Crippen molar-refractivity contribution < 1.29 is 33.8 Å². The molecule has 53 heavy (non-hydrogen) atoms. The fourth-order valence-electron chi connectivity index (χ4n) is 8.52. The molecule has 3 amide bonds. The maximum absolute atomic E-state index is 15.0. The van der Waals surface area contributed by atoms with E-state index in [0.717, 1.165) is 5.52 Å².